The van der Waals surface area contributed by atoms with Crippen molar-refractivity contribution in [2.45, 2.75) is 34.1 Å². The molecule has 4 heteroatoms. The van der Waals surface area contributed by atoms with E-state index in [1.54, 1.807) is 19.1 Å². The lowest BCUT2D eigenvalue weighted by Crippen LogP contribution is -2.13. The molecule has 0 saturated heterocycles. The summed E-state index contributed by atoms with van der Waals surface area (Å²) in [5, 5.41) is 5.56. The fourth-order valence-electron chi connectivity index (χ4n) is 1.70. The Kier molecular flexibility index (Phi) is 5.30. The number of anilines is 2. The second-order valence-corrected chi connectivity index (χ2v) is 4.46. The van der Waals surface area contributed by atoms with Gasteiger partial charge < -0.3 is 10.6 Å². The molecule has 0 aliphatic heterocycles. The molecule has 0 aliphatic carbocycles. The molecule has 0 aliphatic rings. The highest BCUT2D eigenvalue weighted by Gasteiger charge is 2.06. The standard InChI is InChI=1S/C15H20N2O2/c1-5-6-10(2)15(19)17-13-7-8-14(11(3)9-13)16-12(4)18/h6-9H,5H2,1-4H3,(H,16,18)(H,17,19)/b10-6-. The largest absolute Gasteiger partial charge is 0.326 e. The van der Waals surface area contributed by atoms with Gasteiger partial charge in [-0.25, -0.2) is 0 Å². The summed E-state index contributed by atoms with van der Waals surface area (Å²) < 4.78 is 0. The Balaban J connectivity index is 2.81. The molecule has 0 saturated carbocycles. The lowest BCUT2D eigenvalue weighted by atomic mass is 10.1. The molecule has 2 amide bonds. The number of amides is 2. The van der Waals surface area contributed by atoms with Gasteiger partial charge in [0.1, 0.15) is 0 Å². The van der Waals surface area contributed by atoms with Gasteiger partial charge in [0.2, 0.25) is 5.91 Å². The summed E-state index contributed by atoms with van der Waals surface area (Å²) in [5.74, 6) is -0.213. The maximum atomic E-state index is 11.8. The minimum absolute atomic E-state index is 0.103. The third-order valence-electron chi connectivity index (χ3n) is 2.66. The van der Waals surface area contributed by atoms with Crippen LogP contribution in [-0.4, -0.2) is 11.8 Å². The maximum Gasteiger partial charge on any atom is 0.250 e. The highest BCUT2D eigenvalue weighted by molar-refractivity contribution is 6.03. The van der Waals surface area contributed by atoms with Crippen molar-refractivity contribution in [1.29, 1.82) is 0 Å². The van der Waals surface area contributed by atoms with Crippen LogP contribution in [0.3, 0.4) is 0 Å². The van der Waals surface area contributed by atoms with Crippen molar-refractivity contribution in [3.05, 3.63) is 35.4 Å². The van der Waals surface area contributed by atoms with Gasteiger partial charge in [-0.2, -0.15) is 0 Å². The van der Waals surface area contributed by atoms with Crippen molar-refractivity contribution in [3.63, 3.8) is 0 Å². The molecule has 19 heavy (non-hydrogen) atoms. The minimum atomic E-state index is -0.110. The zero-order valence-electron chi connectivity index (χ0n) is 11.8. The summed E-state index contributed by atoms with van der Waals surface area (Å²) in [6.07, 6.45) is 2.72. The molecule has 1 aromatic rings. The van der Waals surface area contributed by atoms with E-state index in [1.165, 1.54) is 6.92 Å². The average Bonchev–Trinajstić information content (AvgIpc) is 2.32. The van der Waals surface area contributed by atoms with E-state index in [4.69, 9.17) is 0 Å². The molecular formula is C15H20N2O2. The molecular weight excluding hydrogens is 240 g/mol. The number of hydrogen-bond acceptors (Lipinski definition) is 2. The van der Waals surface area contributed by atoms with Gasteiger partial charge in [-0.15, -0.1) is 0 Å². The van der Waals surface area contributed by atoms with E-state index in [1.807, 2.05) is 26.0 Å². The number of allylic oxidation sites excluding steroid dienone is 1. The number of benzene rings is 1. The number of hydrogen-bond donors (Lipinski definition) is 2. The van der Waals surface area contributed by atoms with Crippen molar-refractivity contribution in [3.8, 4) is 0 Å². The molecule has 0 aromatic heterocycles. The summed E-state index contributed by atoms with van der Waals surface area (Å²) in [4.78, 5) is 22.8. The predicted molar refractivity (Wildman–Crippen MR) is 78.2 cm³/mol. The summed E-state index contributed by atoms with van der Waals surface area (Å²) in [7, 11) is 0. The molecule has 4 nitrogen and oxygen atoms in total. The number of carbonyl (C=O) groups excluding carboxylic acids is 2. The highest BCUT2D eigenvalue weighted by atomic mass is 16.2. The van der Waals surface area contributed by atoms with Crippen LogP contribution in [0.25, 0.3) is 0 Å². The predicted octanol–water partition coefficient (Wildman–Crippen LogP) is 3.25. The Morgan fingerprint density at radius 3 is 2.42 bits per heavy atom. The average molecular weight is 260 g/mol. The summed E-state index contributed by atoms with van der Waals surface area (Å²) >= 11 is 0. The van der Waals surface area contributed by atoms with Crippen LogP contribution in [-0.2, 0) is 9.59 Å². The van der Waals surface area contributed by atoms with Crippen molar-refractivity contribution in [2.24, 2.45) is 0 Å². The number of rotatable bonds is 4. The van der Waals surface area contributed by atoms with Crippen LogP contribution in [0.5, 0.6) is 0 Å². The molecule has 0 fully saturated rings. The third-order valence-corrected chi connectivity index (χ3v) is 2.66. The quantitative estimate of drug-likeness (QED) is 0.816. The van der Waals surface area contributed by atoms with E-state index in [2.05, 4.69) is 10.6 Å². The molecule has 0 spiro atoms. The topological polar surface area (TPSA) is 58.2 Å². The van der Waals surface area contributed by atoms with E-state index in [-0.39, 0.29) is 11.8 Å². The fourth-order valence-corrected chi connectivity index (χ4v) is 1.70. The van der Waals surface area contributed by atoms with Crippen molar-refractivity contribution in [1.82, 2.24) is 0 Å². The first-order chi connectivity index (χ1) is 8.93. The van der Waals surface area contributed by atoms with Crippen LogP contribution < -0.4 is 10.6 Å². The van der Waals surface area contributed by atoms with E-state index in [0.717, 1.165) is 23.4 Å². The van der Waals surface area contributed by atoms with Crippen molar-refractivity contribution < 1.29 is 9.59 Å². The molecule has 102 valence electrons. The Labute approximate surface area is 113 Å². The smallest absolute Gasteiger partial charge is 0.250 e. The molecule has 2 N–H and O–H groups in total. The third kappa shape index (κ3) is 4.58. The Morgan fingerprint density at radius 2 is 1.89 bits per heavy atom. The molecule has 0 heterocycles. The van der Waals surface area contributed by atoms with Gasteiger partial charge in [-0.3, -0.25) is 9.59 Å². The molecule has 0 unspecified atom stereocenters. The summed E-state index contributed by atoms with van der Waals surface area (Å²) in [6.45, 7) is 7.13. The normalized spacial score (nSPS) is 11.1. The van der Waals surface area contributed by atoms with Gasteiger partial charge in [0, 0.05) is 23.9 Å². The second-order valence-electron chi connectivity index (χ2n) is 4.46. The van der Waals surface area contributed by atoms with Gasteiger partial charge in [0.15, 0.2) is 0 Å². The second kappa shape index (κ2) is 6.73. The SMILES string of the molecule is CC/C=C(/C)C(=O)Nc1ccc(NC(C)=O)c(C)c1. The lowest BCUT2D eigenvalue weighted by molar-refractivity contribution is -0.114. The Morgan fingerprint density at radius 1 is 1.21 bits per heavy atom. The lowest BCUT2D eigenvalue weighted by Gasteiger charge is -2.10. The van der Waals surface area contributed by atoms with Crippen LogP contribution in [0.4, 0.5) is 11.4 Å². The van der Waals surface area contributed by atoms with Crippen LogP contribution >= 0.6 is 0 Å². The fraction of sp³-hybridized carbons (Fsp3) is 0.333. The Bertz CT molecular complexity index is 519. The zero-order chi connectivity index (χ0) is 14.4. The number of carbonyl (C=O) groups is 2. The molecule has 0 atom stereocenters. The van der Waals surface area contributed by atoms with Gasteiger partial charge in [-0.05, 0) is 44.0 Å². The van der Waals surface area contributed by atoms with Gasteiger partial charge in [0.25, 0.3) is 5.91 Å². The first kappa shape index (κ1) is 15.0. The van der Waals surface area contributed by atoms with Crippen LogP contribution in [0, 0.1) is 6.92 Å². The van der Waals surface area contributed by atoms with E-state index < -0.39 is 0 Å². The van der Waals surface area contributed by atoms with Crippen LogP contribution in [0.15, 0.2) is 29.8 Å². The first-order valence-electron chi connectivity index (χ1n) is 6.30. The van der Waals surface area contributed by atoms with Crippen LogP contribution in [0.2, 0.25) is 0 Å². The monoisotopic (exact) mass is 260 g/mol. The molecule has 0 bridgehead atoms. The summed E-state index contributed by atoms with van der Waals surface area (Å²) in [6, 6.07) is 5.39. The van der Waals surface area contributed by atoms with Crippen LogP contribution in [0.1, 0.15) is 32.8 Å². The molecule has 0 radical (unpaired) electrons. The molecule has 1 aromatic carbocycles. The van der Waals surface area contributed by atoms with E-state index in [9.17, 15) is 9.59 Å². The minimum Gasteiger partial charge on any atom is -0.326 e. The summed E-state index contributed by atoms with van der Waals surface area (Å²) in [5.41, 5.74) is 3.09. The first-order valence-corrected chi connectivity index (χ1v) is 6.30. The van der Waals surface area contributed by atoms with Gasteiger partial charge in [-0.1, -0.05) is 13.0 Å². The van der Waals surface area contributed by atoms with Gasteiger partial charge in [0.05, 0.1) is 0 Å². The Hall–Kier alpha value is -2.10. The highest BCUT2D eigenvalue weighted by Crippen LogP contribution is 2.20. The van der Waals surface area contributed by atoms with E-state index in [0.29, 0.717) is 5.57 Å². The van der Waals surface area contributed by atoms with Crippen molar-refractivity contribution in [2.75, 3.05) is 10.6 Å². The van der Waals surface area contributed by atoms with E-state index >= 15 is 0 Å². The number of nitrogens with one attached hydrogen (secondary N) is 2. The van der Waals surface area contributed by atoms with Gasteiger partial charge >= 0.3 is 0 Å². The zero-order valence-corrected chi connectivity index (χ0v) is 11.8. The molecule has 1 rings (SSSR count). The van der Waals surface area contributed by atoms with Crippen molar-refractivity contribution >= 4 is 23.2 Å². The number of aryl methyl sites for hydroxylation is 1. The maximum absolute atomic E-state index is 11.8.